The summed E-state index contributed by atoms with van der Waals surface area (Å²) in [7, 11) is 0. The van der Waals surface area contributed by atoms with E-state index in [4.69, 9.17) is 22.7 Å². The van der Waals surface area contributed by atoms with Gasteiger partial charge in [0.1, 0.15) is 16.5 Å². The van der Waals surface area contributed by atoms with Gasteiger partial charge in [-0.05, 0) is 61.4 Å². The lowest BCUT2D eigenvalue weighted by molar-refractivity contribution is 0.482. The summed E-state index contributed by atoms with van der Waals surface area (Å²) in [6, 6.07) is 13.5. The molecule has 2 rings (SSSR count). The number of hydrogen-bond acceptors (Lipinski definition) is 2. The molecular formula is C15H15NOS. The predicted octanol–water partition coefficient (Wildman–Crippen LogP) is 3.73. The molecule has 0 heterocycles. The van der Waals surface area contributed by atoms with Crippen LogP contribution in [0.2, 0.25) is 0 Å². The van der Waals surface area contributed by atoms with Gasteiger partial charge in [-0.1, -0.05) is 18.3 Å². The van der Waals surface area contributed by atoms with Crippen molar-refractivity contribution in [2.75, 3.05) is 0 Å². The largest absolute Gasteiger partial charge is 0.457 e. The topological polar surface area (TPSA) is 35.2 Å². The molecular weight excluding hydrogens is 242 g/mol. The molecule has 2 aromatic rings. The first-order valence-electron chi connectivity index (χ1n) is 5.71. The van der Waals surface area contributed by atoms with E-state index in [-0.39, 0.29) is 0 Å². The van der Waals surface area contributed by atoms with Crippen LogP contribution in [0.1, 0.15) is 16.7 Å². The van der Waals surface area contributed by atoms with E-state index in [1.54, 1.807) is 0 Å². The highest BCUT2D eigenvalue weighted by atomic mass is 32.1. The summed E-state index contributed by atoms with van der Waals surface area (Å²) >= 11 is 4.90. The van der Waals surface area contributed by atoms with E-state index in [0.717, 1.165) is 17.1 Å². The van der Waals surface area contributed by atoms with Crippen LogP contribution in [-0.2, 0) is 0 Å². The Kier molecular flexibility index (Phi) is 3.63. The zero-order chi connectivity index (χ0) is 13.1. The van der Waals surface area contributed by atoms with Crippen molar-refractivity contribution in [2.24, 2.45) is 5.73 Å². The molecule has 0 saturated heterocycles. The van der Waals surface area contributed by atoms with Crippen molar-refractivity contribution >= 4 is 17.2 Å². The van der Waals surface area contributed by atoms with Crippen molar-refractivity contribution in [3.8, 4) is 11.5 Å². The Morgan fingerprint density at radius 1 is 0.944 bits per heavy atom. The summed E-state index contributed by atoms with van der Waals surface area (Å²) in [5.74, 6) is 1.61. The fraction of sp³-hybridized carbons (Fsp3) is 0.133. The fourth-order valence-corrected chi connectivity index (χ4v) is 1.74. The predicted molar refractivity (Wildman–Crippen MR) is 78.3 cm³/mol. The van der Waals surface area contributed by atoms with Crippen LogP contribution in [0.15, 0.2) is 42.5 Å². The Morgan fingerprint density at radius 2 is 1.56 bits per heavy atom. The summed E-state index contributed by atoms with van der Waals surface area (Å²) in [5, 5.41) is 0. The van der Waals surface area contributed by atoms with Crippen molar-refractivity contribution in [3.05, 3.63) is 59.2 Å². The molecule has 0 saturated carbocycles. The van der Waals surface area contributed by atoms with Crippen molar-refractivity contribution < 1.29 is 4.74 Å². The second kappa shape index (κ2) is 5.19. The standard InChI is InChI=1S/C15H15NOS/c1-10-3-6-14(9-11(10)2)17-13-7-4-12(5-8-13)15(16)18/h3-9H,1-2H3,(H2,16,18). The average molecular weight is 257 g/mol. The van der Waals surface area contributed by atoms with Gasteiger partial charge in [0.25, 0.3) is 0 Å². The van der Waals surface area contributed by atoms with Crippen molar-refractivity contribution in [1.82, 2.24) is 0 Å². The molecule has 0 spiro atoms. The Bertz CT molecular complexity index is 576. The second-order valence-electron chi connectivity index (χ2n) is 4.24. The van der Waals surface area contributed by atoms with E-state index in [9.17, 15) is 0 Å². The van der Waals surface area contributed by atoms with E-state index < -0.39 is 0 Å². The molecule has 3 heteroatoms. The third-order valence-electron chi connectivity index (χ3n) is 2.85. The van der Waals surface area contributed by atoms with E-state index in [1.807, 2.05) is 42.5 Å². The van der Waals surface area contributed by atoms with Crippen molar-refractivity contribution in [1.29, 1.82) is 0 Å². The average Bonchev–Trinajstić information content (AvgIpc) is 2.34. The van der Waals surface area contributed by atoms with Gasteiger partial charge in [-0.15, -0.1) is 0 Å². The van der Waals surface area contributed by atoms with Gasteiger partial charge in [0, 0.05) is 5.56 Å². The molecule has 0 fully saturated rings. The first-order valence-corrected chi connectivity index (χ1v) is 6.12. The molecule has 2 N–H and O–H groups in total. The quantitative estimate of drug-likeness (QED) is 0.851. The van der Waals surface area contributed by atoms with E-state index in [0.29, 0.717) is 4.99 Å². The number of aryl methyl sites for hydroxylation is 2. The number of rotatable bonds is 3. The zero-order valence-electron chi connectivity index (χ0n) is 10.4. The highest BCUT2D eigenvalue weighted by molar-refractivity contribution is 7.80. The first kappa shape index (κ1) is 12.6. The van der Waals surface area contributed by atoms with Gasteiger partial charge in [0.2, 0.25) is 0 Å². The molecule has 2 aromatic carbocycles. The Labute approximate surface area is 112 Å². The minimum absolute atomic E-state index is 0.396. The molecule has 0 amide bonds. The van der Waals surface area contributed by atoms with Crippen LogP contribution in [-0.4, -0.2) is 4.99 Å². The Balaban J connectivity index is 2.18. The van der Waals surface area contributed by atoms with Crippen LogP contribution in [0.4, 0.5) is 0 Å². The summed E-state index contributed by atoms with van der Waals surface area (Å²) in [6.07, 6.45) is 0. The van der Waals surface area contributed by atoms with Gasteiger partial charge in [0.05, 0.1) is 0 Å². The van der Waals surface area contributed by atoms with Crippen molar-refractivity contribution in [2.45, 2.75) is 13.8 Å². The molecule has 0 bridgehead atoms. The van der Waals surface area contributed by atoms with Crippen LogP contribution in [0.3, 0.4) is 0 Å². The van der Waals surface area contributed by atoms with Gasteiger partial charge < -0.3 is 10.5 Å². The SMILES string of the molecule is Cc1ccc(Oc2ccc(C(N)=S)cc2)cc1C. The van der Waals surface area contributed by atoms with Crippen LogP contribution in [0.5, 0.6) is 11.5 Å². The maximum atomic E-state index is 5.76. The van der Waals surface area contributed by atoms with Gasteiger partial charge in [-0.3, -0.25) is 0 Å². The lowest BCUT2D eigenvalue weighted by atomic mass is 10.1. The molecule has 2 nitrogen and oxygen atoms in total. The molecule has 0 unspecified atom stereocenters. The van der Waals surface area contributed by atoms with Crippen LogP contribution in [0.25, 0.3) is 0 Å². The Morgan fingerprint density at radius 3 is 2.11 bits per heavy atom. The van der Waals surface area contributed by atoms with Gasteiger partial charge in [-0.25, -0.2) is 0 Å². The van der Waals surface area contributed by atoms with E-state index in [2.05, 4.69) is 13.8 Å². The van der Waals surface area contributed by atoms with Gasteiger partial charge in [0.15, 0.2) is 0 Å². The van der Waals surface area contributed by atoms with Gasteiger partial charge >= 0.3 is 0 Å². The molecule has 0 aliphatic rings. The third kappa shape index (κ3) is 2.87. The molecule has 18 heavy (non-hydrogen) atoms. The minimum Gasteiger partial charge on any atom is -0.457 e. The number of benzene rings is 2. The highest BCUT2D eigenvalue weighted by Crippen LogP contribution is 2.23. The second-order valence-corrected chi connectivity index (χ2v) is 4.68. The number of thiocarbonyl (C=S) groups is 1. The molecule has 92 valence electrons. The Hall–Kier alpha value is -1.87. The summed E-state index contributed by atoms with van der Waals surface area (Å²) in [5.41, 5.74) is 8.86. The molecule has 0 aliphatic carbocycles. The number of nitrogens with two attached hydrogens (primary N) is 1. The summed E-state index contributed by atoms with van der Waals surface area (Å²) in [4.78, 5) is 0.396. The highest BCUT2D eigenvalue weighted by Gasteiger charge is 2.01. The lowest BCUT2D eigenvalue weighted by Crippen LogP contribution is -2.08. The molecule has 0 atom stereocenters. The maximum Gasteiger partial charge on any atom is 0.127 e. The van der Waals surface area contributed by atoms with E-state index >= 15 is 0 Å². The third-order valence-corrected chi connectivity index (χ3v) is 3.09. The number of ether oxygens (including phenoxy) is 1. The van der Waals surface area contributed by atoms with Crippen LogP contribution >= 0.6 is 12.2 Å². The number of hydrogen-bond donors (Lipinski definition) is 1. The summed E-state index contributed by atoms with van der Waals surface area (Å²) < 4.78 is 5.76. The lowest BCUT2D eigenvalue weighted by Gasteiger charge is -2.08. The normalized spacial score (nSPS) is 10.1. The van der Waals surface area contributed by atoms with Gasteiger partial charge in [-0.2, -0.15) is 0 Å². The van der Waals surface area contributed by atoms with Crippen LogP contribution in [0, 0.1) is 13.8 Å². The fourth-order valence-electron chi connectivity index (χ4n) is 1.60. The zero-order valence-corrected chi connectivity index (χ0v) is 11.3. The van der Waals surface area contributed by atoms with Crippen LogP contribution < -0.4 is 10.5 Å². The van der Waals surface area contributed by atoms with E-state index in [1.165, 1.54) is 11.1 Å². The minimum atomic E-state index is 0.396. The monoisotopic (exact) mass is 257 g/mol. The molecule has 0 radical (unpaired) electrons. The summed E-state index contributed by atoms with van der Waals surface area (Å²) in [6.45, 7) is 4.15. The van der Waals surface area contributed by atoms with Crippen molar-refractivity contribution in [3.63, 3.8) is 0 Å². The first-order chi connectivity index (χ1) is 8.56. The smallest absolute Gasteiger partial charge is 0.127 e. The molecule has 0 aliphatic heterocycles. The molecule has 0 aromatic heterocycles. The maximum absolute atomic E-state index is 5.76.